The lowest BCUT2D eigenvalue weighted by Gasteiger charge is -2.01. The van der Waals surface area contributed by atoms with Crippen LogP contribution >= 0.6 is 0 Å². The highest BCUT2D eigenvalue weighted by molar-refractivity contribution is 5.99. The zero-order valence-electron chi connectivity index (χ0n) is 17.0. The Bertz CT molecular complexity index is 1390. The van der Waals surface area contributed by atoms with Gasteiger partial charge in [0.2, 0.25) is 0 Å². The Balaban J connectivity index is 1.54. The standard InChI is InChI=1S/C26H20N4O/c1-19-11-13-20(14-12-19)26-21(17-30(28-26)22-7-3-2-4-8-22)15-16-25(31)29-18-27-23-9-5-6-10-24(23)29/h2-18H,1H3/b16-15+. The van der Waals surface area contributed by atoms with Crippen molar-refractivity contribution in [2.45, 2.75) is 6.92 Å². The molecule has 0 fully saturated rings. The number of fused-ring (bicyclic) bond motifs is 1. The van der Waals surface area contributed by atoms with Crippen molar-refractivity contribution < 1.29 is 4.79 Å². The minimum Gasteiger partial charge on any atom is -0.269 e. The Morgan fingerprint density at radius 1 is 0.903 bits per heavy atom. The molecule has 0 radical (unpaired) electrons. The van der Waals surface area contributed by atoms with Crippen LogP contribution in [0.4, 0.5) is 0 Å². The van der Waals surface area contributed by atoms with Gasteiger partial charge in [-0.25, -0.2) is 9.67 Å². The van der Waals surface area contributed by atoms with Gasteiger partial charge in [0.05, 0.1) is 22.4 Å². The molecule has 31 heavy (non-hydrogen) atoms. The molecule has 5 nitrogen and oxygen atoms in total. The summed E-state index contributed by atoms with van der Waals surface area (Å²) in [5.41, 5.74) is 6.42. The molecule has 150 valence electrons. The van der Waals surface area contributed by atoms with E-state index in [1.54, 1.807) is 17.0 Å². The number of hydrogen-bond acceptors (Lipinski definition) is 3. The number of hydrogen-bond donors (Lipinski definition) is 0. The molecule has 0 aliphatic heterocycles. The van der Waals surface area contributed by atoms with Crippen molar-refractivity contribution in [2.24, 2.45) is 0 Å². The number of rotatable bonds is 4. The van der Waals surface area contributed by atoms with E-state index in [1.807, 2.05) is 71.6 Å². The largest absolute Gasteiger partial charge is 0.269 e. The van der Waals surface area contributed by atoms with Crippen LogP contribution in [0.25, 0.3) is 34.1 Å². The van der Waals surface area contributed by atoms with Gasteiger partial charge in [-0.15, -0.1) is 0 Å². The van der Waals surface area contributed by atoms with E-state index in [9.17, 15) is 4.79 Å². The zero-order valence-corrected chi connectivity index (χ0v) is 17.0. The molecule has 0 bridgehead atoms. The summed E-state index contributed by atoms with van der Waals surface area (Å²) in [6.07, 6.45) is 6.89. The number of aryl methyl sites for hydroxylation is 1. The maximum Gasteiger partial charge on any atom is 0.256 e. The van der Waals surface area contributed by atoms with Crippen molar-refractivity contribution in [1.82, 2.24) is 19.3 Å². The van der Waals surface area contributed by atoms with E-state index in [-0.39, 0.29) is 5.91 Å². The van der Waals surface area contributed by atoms with Crippen LogP contribution in [0.5, 0.6) is 0 Å². The quantitative estimate of drug-likeness (QED) is 0.369. The summed E-state index contributed by atoms with van der Waals surface area (Å²) in [4.78, 5) is 17.2. The number of imidazole rings is 1. The first-order valence-corrected chi connectivity index (χ1v) is 10.1. The summed E-state index contributed by atoms with van der Waals surface area (Å²) in [6, 6.07) is 25.8. The molecule has 0 saturated carbocycles. The lowest BCUT2D eigenvalue weighted by molar-refractivity contribution is 0.0974. The van der Waals surface area contributed by atoms with E-state index in [0.717, 1.165) is 33.5 Å². The molecule has 3 aromatic carbocycles. The average Bonchev–Trinajstić information content (AvgIpc) is 3.43. The molecule has 0 saturated heterocycles. The van der Waals surface area contributed by atoms with E-state index < -0.39 is 0 Å². The summed E-state index contributed by atoms with van der Waals surface area (Å²) < 4.78 is 3.39. The smallest absolute Gasteiger partial charge is 0.256 e. The number of nitrogens with zero attached hydrogens (tertiary/aromatic N) is 4. The zero-order chi connectivity index (χ0) is 21.2. The summed E-state index contributed by atoms with van der Waals surface area (Å²) in [5, 5.41) is 4.81. The predicted molar refractivity (Wildman–Crippen MR) is 123 cm³/mol. The first kappa shape index (κ1) is 18.8. The van der Waals surface area contributed by atoms with Crippen LogP contribution in [-0.4, -0.2) is 25.2 Å². The Morgan fingerprint density at radius 3 is 2.45 bits per heavy atom. The van der Waals surface area contributed by atoms with Gasteiger partial charge in [-0.05, 0) is 37.3 Å². The minimum atomic E-state index is -0.156. The normalized spacial score (nSPS) is 11.4. The number of carbonyl (C=O) groups is 1. The molecule has 0 aliphatic carbocycles. The van der Waals surface area contributed by atoms with Crippen LogP contribution in [0.2, 0.25) is 0 Å². The van der Waals surface area contributed by atoms with Crippen LogP contribution in [-0.2, 0) is 0 Å². The Labute approximate surface area is 179 Å². The molecule has 0 N–H and O–H groups in total. The third kappa shape index (κ3) is 3.69. The highest BCUT2D eigenvalue weighted by atomic mass is 16.1. The maximum absolute atomic E-state index is 12.9. The number of aromatic nitrogens is 4. The number of carbonyl (C=O) groups excluding carboxylic acids is 1. The second kappa shape index (κ2) is 7.88. The van der Waals surface area contributed by atoms with Crippen LogP contribution in [0.3, 0.4) is 0 Å². The van der Waals surface area contributed by atoms with Crippen molar-refractivity contribution in [3.05, 3.63) is 109 Å². The third-order valence-electron chi connectivity index (χ3n) is 5.18. The van der Waals surface area contributed by atoms with Gasteiger partial charge in [0.15, 0.2) is 0 Å². The summed E-state index contributed by atoms with van der Waals surface area (Å²) >= 11 is 0. The van der Waals surface area contributed by atoms with Crippen molar-refractivity contribution >= 4 is 23.0 Å². The van der Waals surface area contributed by atoms with Gasteiger partial charge in [-0.2, -0.15) is 5.10 Å². The highest BCUT2D eigenvalue weighted by Crippen LogP contribution is 2.25. The predicted octanol–water partition coefficient (Wildman–Crippen LogP) is 5.55. The highest BCUT2D eigenvalue weighted by Gasteiger charge is 2.12. The van der Waals surface area contributed by atoms with Crippen LogP contribution in [0.1, 0.15) is 15.9 Å². The average molecular weight is 404 g/mol. The molecule has 0 spiro atoms. The van der Waals surface area contributed by atoms with Crippen LogP contribution in [0, 0.1) is 6.92 Å². The number of benzene rings is 3. The van der Waals surface area contributed by atoms with Gasteiger partial charge in [-0.1, -0.05) is 60.2 Å². The van der Waals surface area contributed by atoms with Crippen LogP contribution < -0.4 is 0 Å². The summed E-state index contributed by atoms with van der Waals surface area (Å²) in [7, 11) is 0. The van der Waals surface area contributed by atoms with E-state index >= 15 is 0 Å². The summed E-state index contributed by atoms with van der Waals surface area (Å²) in [5.74, 6) is -0.156. The van der Waals surface area contributed by atoms with Gasteiger partial charge >= 0.3 is 0 Å². The fraction of sp³-hybridized carbons (Fsp3) is 0.0385. The minimum absolute atomic E-state index is 0.156. The van der Waals surface area contributed by atoms with Gasteiger partial charge in [0, 0.05) is 23.4 Å². The number of allylic oxidation sites excluding steroid dienone is 1. The second-order valence-electron chi connectivity index (χ2n) is 7.35. The molecule has 2 heterocycles. The molecule has 0 unspecified atom stereocenters. The molecule has 5 aromatic rings. The molecule has 0 atom stereocenters. The van der Waals surface area contributed by atoms with Gasteiger partial charge in [0.1, 0.15) is 6.33 Å². The fourth-order valence-electron chi connectivity index (χ4n) is 3.53. The maximum atomic E-state index is 12.9. The van der Waals surface area contributed by atoms with E-state index in [2.05, 4.69) is 36.2 Å². The molecular weight excluding hydrogens is 384 g/mol. The van der Waals surface area contributed by atoms with Gasteiger partial charge in [-0.3, -0.25) is 9.36 Å². The van der Waals surface area contributed by atoms with Crippen molar-refractivity contribution in [2.75, 3.05) is 0 Å². The van der Waals surface area contributed by atoms with Gasteiger partial charge < -0.3 is 0 Å². The van der Waals surface area contributed by atoms with Crippen molar-refractivity contribution in [3.8, 4) is 16.9 Å². The Hall–Kier alpha value is -4.25. The van der Waals surface area contributed by atoms with E-state index in [0.29, 0.717) is 0 Å². The SMILES string of the molecule is Cc1ccc(-c2nn(-c3ccccc3)cc2/C=C/C(=O)n2cnc3ccccc32)cc1. The summed E-state index contributed by atoms with van der Waals surface area (Å²) in [6.45, 7) is 2.06. The molecule has 0 amide bonds. The third-order valence-corrected chi connectivity index (χ3v) is 5.18. The molecular formula is C26H20N4O. The van der Waals surface area contributed by atoms with E-state index in [4.69, 9.17) is 5.10 Å². The Morgan fingerprint density at radius 2 is 1.65 bits per heavy atom. The monoisotopic (exact) mass is 404 g/mol. The van der Waals surface area contributed by atoms with E-state index in [1.165, 1.54) is 5.56 Å². The van der Waals surface area contributed by atoms with Gasteiger partial charge in [0.25, 0.3) is 5.91 Å². The van der Waals surface area contributed by atoms with Crippen molar-refractivity contribution in [1.29, 1.82) is 0 Å². The lowest BCUT2D eigenvalue weighted by Crippen LogP contribution is -2.05. The Kier molecular flexibility index (Phi) is 4.77. The first-order valence-electron chi connectivity index (χ1n) is 10.1. The molecule has 2 aromatic heterocycles. The lowest BCUT2D eigenvalue weighted by atomic mass is 10.1. The molecule has 0 aliphatic rings. The fourth-order valence-corrected chi connectivity index (χ4v) is 3.53. The number of para-hydroxylation sites is 3. The first-order chi connectivity index (χ1) is 15.2. The molecule has 5 rings (SSSR count). The second-order valence-corrected chi connectivity index (χ2v) is 7.35. The topological polar surface area (TPSA) is 52.7 Å². The molecule has 5 heteroatoms. The van der Waals surface area contributed by atoms with Crippen molar-refractivity contribution in [3.63, 3.8) is 0 Å². The van der Waals surface area contributed by atoms with Crippen LogP contribution in [0.15, 0.2) is 97.5 Å².